The maximum absolute atomic E-state index is 12.5. The second kappa shape index (κ2) is 29.9. The largest absolute Gasteiger partial charge is 0.387 e. The predicted molar refractivity (Wildman–Crippen MR) is 185 cm³/mol. The lowest BCUT2D eigenvalue weighted by Crippen LogP contribution is -2.50. The Morgan fingerprint density at radius 2 is 1.11 bits per heavy atom. The van der Waals surface area contributed by atoms with Crippen molar-refractivity contribution in [3.8, 4) is 0 Å². The molecule has 0 aliphatic heterocycles. The Morgan fingerprint density at radius 3 is 1.64 bits per heavy atom. The SMILES string of the molecule is C/C=C/CC/C=C/CC/C=C/C(O)C(CS(=O)(=O)O)NC(=O)C(O)CCCCCCCC/C=C\CCCCCCCCCC. The average molecular weight is 640 g/mol. The number of aliphatic hydroxyl groups is 2. The average Bonchev–Trinajstić information content (AvgIpc) is 2.98. The van der Waals surface area contributed by atoms with E-state index >= 15 is 0 Å². The molecular weight excluding hydrogens is 574 g/mol. The van der Waals surface area contributed by atoms with Crippen molar-refractivity contribution in [2.24, 2.45) is 0 Å². The molecule has 0 bridgehead atoms. The van der Waals surface area contributed by atoms with E-state index in [1.165, 1.54) is 76.7 Å². The first-order valence-electron chi connectivity index (χ1n) is 17.4. The summed E-state index contributed by atoms with van der Waals surface area (Å²) in [5.41, 5.74) is 0. The highest BCUT2D eigenvalue weighted by atomic mass is 32.2. The highest BCUT2D eigenvalue weighted by Gasteiger charge is 2.27. The van der Waals surface area contributed by atoms with Crippen LogP contribution in [0.15, 0.2) is 48.6 Å². The van der Waals surface area contributed by atoms with Gasteiger partial charge in [0.2, 0.25) is 5.91 Å². The van der Waals surface area contributed by atoms with Gasteiger partial charge < -0.3 is 15.5 Å². The van der Waals surface area contributed by atoms with E-state index in [1.54, 1.807) is 6.08 Å². The number of aliphatic hydroxyl groups excluding tert-OH is 2. The molecule has 0 aromatic carbocycles. The van der Waals surface area contributed by atoms with Crippen molar-refractivity contribution in [3.05, 3.63) is 48.6 Å². The first kappa shape index (κ1) is 42.3. The van der Waals surface area contributed by atoms with E-state index < -0.39 is 40.0 Å². The first-order chi connectivity index (χ1) is 21.2. The first-order valence-corrected chi connectivity index (χ1v) is 19.0. The van der Waals surface area contributed by atoms with Crippen molar-refractivity contribution in [1.82, 2.24) is 5.32 Å². The zero-order valence-electron chi connectivity index (χ0n) is 27.9. The Hall–Kier alpha value is -1.74. The number of rotatable bonds is 30. The van der Waals surface area contributed by atoms with Gasteiger partial charge in [0.15, 0.2) is 0 Å². The molecule has 7 nitrogen and oxygen atoms in total. The molecular formula is C36H65NO6S. The Kier molecular flexibility index (Phi) is 28.8. The van der Waals surface area contributed by atoms with Gasteiger partial charge in [0.25, 0.3) is 10.1 Å². The normalized spacial score (nSPS) is 14.8. The molecule has 0 aromatic heterocycles. The number of allylic oxidation sites excluding steroid dienone is 7. The lowest BCUT2D eigenvalue weighted by atomic mass is 10.0. The Morgan fingerprint density at radius 1 is 0.659 bits per heavy atom. The third kappa shape index (κ3) is 29.0. The van der Waals surface area contributed by atoms with Crippen molar-refractivity contribution in [2.45, 2.75) is 167 Å². The molecule has 1 amide bonds. The summed E-state index contributed by atoms with van der Waals surface area (Å²) in [7, 11) is -4.45. The molecule has 0 fully saturated rings. The highest BCUT2D eigenvalue weighted by Crippen LogP contribution is 2.13. The van der Waals surface area contributed by atoms with Gasteiger partial charge in [0.05, 0.1) is 17.9 Å². The minimum atomic E-state index is -4.45. The molecule has 4 N–H and O–H groups in total. The number of carbonyl (C=O) groups is 1. The fourth-order valence-corrected chi connectivity index (χ4v) is 5.69. The summed E-state index contributed by atoms with van der Waals surface area (Å²) < 4.78 is 32.2. The minimum absolute atomic E-state index is 0.262. The second-order valence-electron chi connectivity index (χ2n) is 11.9. The maximum atomic E-state index is 12.5. The van der Waals surface area contributed by atoms with Gasteiger partial charge in [0.1, 0.15) is 6.10 Å². The fraction of sp³-hybridized carbons (Fsp3) is 0.750. The number of unbranched alkanes of at least 4 members (excludes halogenated alkanes) is 16. The van der Waals surface area contributed by atoms with Crippen LogP contribution in [0.5, 0.6) is 0 Å². The number of carbonyl (C=O) groups excluding carboxylic acids is 1. The third-order valence-electron chi connectivity index (χ3n) is 7.66. The van der Waals surface area contributed by atoms with Crippen molar-refractivity contribution < 1.29 is 28.0 Å². The van der Waals surface area contributed by atoms with Gasteiger partial charge >= 0.3 is 0 Å². The van der Waals surface area contributed by atoms with Gasteiger partial charge in [-0.3, -0.25) is 9.35 Å². The monoisotopic (exact) mass is 639 g/mol. The number of hydrogen-bond donors (Lipinski definition) is 4. The molecule has 0 aliphatic carbocycles. The van der Waals surface area contributed by atoms with Gasteiger partial charge in [-0.15, -0.1) is 0 Å². The summed E-state index contributed by atoms with van der Waals surface area (Å²) >= 11 is 0. The van der Waals surface area contributed by atoms with E-state index in [0.717, 1.165) is 44.9 Å². The minimum Gasteiger partial charge on any atom is -0.387 e. The molecule has 0 saturated carbocycles. The Labute approximate surface area is 270 Å². The van der Waals surface area contributed by atoms with Crippen LogP contribution >= 0.6 is 0 Å². The molecule has 0 heterocycles. The number of hydrogen-bond acceptors (Lipinski definition) is 5. The molecule has 0 rings (SSSR count). The van der Waals surface area contributed by atoms with Crippen LogP contribution in [-0.4, -0.2) is 53.1 Å². The second-order valence-corrected chi connectivity index (χ2v) is 13.4. The third-order valence-corrected chi connectivity index (χ3v) is 8.44. The summed E-state index contributed by atoms with van der Waals surface area (Å²) in [6, 6.07) is -1.26. The summed E-state index contributed by atoms with van der Waals surface area (Å²) in [4.78, 5) is 12.5. The zero-order valence-corrected chi connectivity index (χ0v) is 28.7. The number of amides is 1. The van der Waals surface area contributed by atoms with E-state index in [0.29, 0.717) is 12.8 Å². The molecule has 3 unspecified atom stereocenters. The molecule has 0 aromatic rings. The number of nitrogens with one attached hydrogen (secondary N) is 1. The van der Waals surface area contributed by atoms with Gasteiger partial charge in [-0.25, -0.2) is 0 Å². The smallest absolute Gasteiger partial charge is 0.267 e. The van der Waals surface area contributed by atoms with Crippen molar-refractivity contribution in [2.75, 3.05) is 5.75 Å². The van der Waals surface area contributed by atoms with Gasteiger partial charge in [-0.1, -0.05) is 133 Å². The van der Waals surface area contributed by atoms with Crippen LogP contribution in [0.25, 0.3) is 0 Å². The topological polar surface area (TPSA) is 124 Å². The maximum Gasteiger partial charge on any atom is 0.267 e. The van der Waals surface area contributed by atoms with E-state index in [4.69, 9.17) is 0 Å². The summed E-state index contributed by atoms with van der Waals surface area (Å²) in [5.74, 6) is -1.58. The standard InChI is InChI=1S/C36H65NO6S/c1-3-5-7-9-11-13-14-15-16-17-18-19-20-21-23-25-27-29-31-35(39)36(40)37-33(32-44(41,42)43)34(38)30-28-26-24-22-12-10-8-6-4-2/h4,6,12,17-18,22,28,30,33-35,38-39H,3,5,7-11,13-16,19-21,23-27,29,31-32H2,1-2H3,(H,37,40)(H,41,42,43)/b6-4+,18-17-,22-12+,30-28+. The van der Waals surface area contributed by atoms with Crippen LogP contribution < -0.4 is 5.32 Å². The molecule has 0 radical (unpaired) electrons. The Balaban J connectivity index is 4.10. The summed E-state index contributed by atoms with van der Waals surface area (Å²) in [5, 5.41) is 23.1. The van der Waals surface area contributed by atoms with Gasteiger partial charge in [0, 0.05) is 0 Å². The lowest BCUT2D eigenvalue weighted by Gasteiger charge is -2.22. The quantitative estimate of drug-likeness (QED) is 0.0355. The molecule has 256 valence electrons. The van der Waals surface area contributed by atoms with Crippen LogP contribution in [0.3, 0.4) is 0 Å². The van der Waals surface area contributed by atoms with Crippen LogP contribution in [0.2, 0.25) is 0 Å². The van der Waals surface area contributed by atoms with Crippen LogP contribution in [-0.2, 0) is 14.9 Å². The van der Waals surface area contributed by atoms with Gasteiger partial charge in [-0.05, 0) is 64.7 Å². The highest BCUT2D eigenvalue weighted by molar-refractivity contribution is 7.85. The van der Waals surface area contributed by atoms with Crippen LogP contribution in [0.1, 0.15) is 149 Å². The van der Waals surface area contributed by atoms with Crippen LogP contribution in [0.4, 0.5) is 0 Å². The van der Waals surface area contributed by atoms with Gasteiger partial charge in [-0.2, -0.15) is 8.42 Å². The van der Waals surface area contributed by atoms with Crippen molar-refractivity contribution >= 4 is 16.0 Å². The summed E-state index contributed by atoms with van der Waals surface area (Å²) in [6.07, 6.45) is 36.3. The summed E-state index contributed by atoms with van der Waals surface area (Å²) in [6.45, 7) is 4.24. The Bertz CT molecular complexity index is 896. The molecule has 3 atom stereocenters. The van der Waals surface area contributed by atoms with E-state index in [9.17, 15) is 28.0 Å². The molecule has 8 heteroatoms. The van der Waals surface area contributed by atoms with E-state index in [1.807, 2.05) is 19.1 Å². The van der Waals surface area contributed by atoms with E-state index in [-0.39, 0.29) is 6.42 Å². The van der Waals surface area contributed by atoms with E-state index in [2.05, 4.69) is 36.5 Å². The molecule has 44 heavy (non-hydrogen) atoms. The van der Waals surface area contributed by atoms with Crippen molar-refractivity contribution in [1.29, 1.82) is 0 Å². The molecule has 0 spiro atoms. The lowest BCUT2D eigenvalue weighted by molar-refractivity contribution is -0.130. The van der Waals surface area contributed by atoms with Crippen molar-refractivity contribution in [3.63, 3.8) is 0 Å². The van der Waals surface area contributed by atoms with Crippen LogP contribution in [0, 0.1) is 0 Å². The predicted octanol–water partition coefficient (Wildman–Crippen LogP) is 8.54. The zero-order chi connectivity index (χ0) is 32.7. The molecule has 0 saturated heterocycles. The molecule has 0 aliphatic rings. The fourth-order valence-electron chi connectivity index (χ4n) is 4.96.